The second-order valence-corrected chi connectivity index (χ2v) is 14.0. The lowest BCUT2D eigenvalue weighted by Gasteiger charge is -2.34. The summed E-state index contributed by atoms with van der Waals surface area (Å²) in [6.45, 7) is -0.573. The molecule has 4 aromatic rings. The van der Waals surface area contributed by atoms with Crippen LogP contribution < -0.4 is 19.1 Å². The molecule has 0 aromatic heterocycles. The molecule has 0 aliphatic heterocycles. The minimum absolute atomic E-state index is 0.00765. The highest BCUT2D eigenvalue weighted by Gasteiger charge is 2.36. The Morgan fingerprint density at radius 2 is 1.50 bits per heavy atom. The van der Waals surface area contributed by atoms with Gasteiger partial charge in [-0.2, -0.15) is 0 Å². The van der Waals surface area contributed by atoms with Crippen molar-refractivity contribution in [1.82, 2.24) is 10.2 Å². The maximum absolute atomic E-state index is 14.7. The first-order chi connectivity index (χ1) is 23.2. The third kappa shape index (κ3) is 8.48. The van der Waals surface area contributed by atoms with E-state index in [4.69, 9.17) is 21.1 Å². The number of ether oxygens (including phenoxy) is 2. The molecular weight excluding hydrogens is 650 g/mol. The molecule has 11 heteroatoms. The van der Waals surface area contributed by atoms with E-state index in [1.165, 1.54) is 37.3 Å². The first-order valence-electron chi connectivity index (χ1n) is 15.9. The van der Waals surface area contributed by atoms with E-state index in [1.54, 1.807) is 54.6 Å². The van der Waals surface area contributed by atoms with Crippen molar-refractivity contribution in [3.8, 4) is 11.5 Å². The Morgan fingerprint density at radius 1 is 0.854 bits per heavy atom. The van der Waals surface area contributed by atoms with Gasteiger partial charge in [-0.25, -0.2) is 8.42 Å². The number of hydrogen-bond acceptors (Lipinski definition) is 6. The van der Waals surface area contributed by atoms with Crippen LogP contribution in [0, 0.1) is 0 Å². The number of hydrogen-bond donors (Lipinski definition) is 1. The first kappa shape index (κ1) is 34.8. The zero-order valence-electron chi connectivity index (χ0n) is 27.0. The molecule has 2 amide bonds. The average Bonchev–Trinajstić information content (AvgIpc) is 3.63. The van der Waals surface area contributed by atoms with Crippen LogP contribution in [0.15, 0.2) is 108 Å². The number of benzene rings is 4. The summed E-state index contributed by atoms with van der Waals surface area (Å²) in [7, 11) is -1.41. The van der Waals surface area contributed by atoms with Crippen molar-refractivity contribution in [1.29, 1.82) is 0 Å². The second-order valence-electron chi connectivity index (χ2n) is 11.7. The first-order valence-corrected chi connectivity index (χ1v) is 17.7. The lowest BCUT2D eigenvalue weighted by atomic mass is 10.0. The van der Waals surface area contributed by atoms with Crippen molar-refractivity contribution >= 4 is 39.1 Å². The Labute approximate surface area is 287 Å². The summed E-state index contributed by atoms with van der Waals surface area (Å²) in [6.07, 6.45) is 4.01. The Morgan fingerprint density at radius 3 is 2.12 bits per heavy atom. The summed E-state index contributed by atoms with van der Waals surface area (Å²) in [6, 6.07) is 28.2. The molecule has 0 saturated heterocycles. The third-order valence-electron chi connectivity index (χ3n) is 8.50. The summed E-state index contributed by atoms with van der Waals surface area (Å²) >= 11 is 6.18. The number of rotatable bonds is 14. The highest BCUT2D eigenvalue weighted by Crippen LogP contribution is 2.36. The number of halogens is 1. The smallest absolute Gasteiger partial charge is 0.264 e. The van der Waals surface area contributed by atoms with Crippen molar-refractivity contribution < 1.29 is 27.5 Å². The fourth-order valence-electron chi connectivity index (χ4n) is 5.93. The van der Waals surface area contributed by atoms with Gasteiger partial charge < -0.3 is 19.7 Å². The van der Waals surface area contributed by atoms with Crippen LogP contribution in [0.1, 0.15) is 36.8 Å². The van der Waals surface area contributed by atoms with Gasteiger partial charge in [0.2, 0.25) is 11.8 Å². The van der Waals surface area contributed by atoms with Crippen LogP contribution in [0.4, 0.5) is 5.69 Å². The van der Waals surface area contributed by atoms with E-state index in [2.05, 4.69) is 5.32 Å². The highest BCUT2D eigenvalue weighted by molar-refractivity contribution is 7.92. The van der Waals surface area contributed by atoms with Crippen molar-refractivity contribution in [3.63, 3.8) is 0 Å². The maximum Gasteiger partial charge on any atom is 0.264 e. The molecule has 48 heavy (non-hydrogen) atoms. The predicted octanol–water partition coefficient (Wildman–Crippen LogP) is 6.25. The number of sulfonamides is 1. The van der Waals surface area contributed by atoms with Gasteiger partial charge in [0.05, 0.1) is 24.8 Å². The molecule has 0 heterocycles. The van der Waals surface area contributed by atoms with Crippen molar-refractivity contribution in [2.24, 2.45) is 0 Å². The Kier molecular flexibility index (Phi) is 11.6. The zero-order chi connectivity index (χ0) is 34.1. The third-order valence-corrected chi connectivity index (χ3v) is 10.5. The lowest BCUT2D eigenvalue weighted by Crippen LogP contribution is -2.54. The SMILES string of the molecule is COc1ccc(OC)c(N(CC(=O)N(Cc2ccc(Cl)cc2)C(Cc2ccccc2)C(=O)NC2CCCC2)S(=O)(=O)c2ccccc2)c1. The van der Waals surface area contributed by atoms with Gasteiger partial charge in [0, 0.05) is 30.1 Å². The number of carbonyl (C=O) groups is 2. The van der Waals surface area contributed by atoms with E-state index in [1.807, 2.05) is 30.3 Å². The molecule has 4 aromatic carbocycles. The largest absolute Gasteiger partial charge is 0.497 e. The number of methoxy groups -OCH3 is 2. The maximum atomic E-state index is 14.7. The van der Waals surface area contributed by atoms with Crippen LogP contribution in [0.3, 0.4) is 0 Å². The van der Waals surface area contributed by atoms with Gasteiger partial charge in [-0.3, -0.25) is 13.9 Å². The number of anilines is 1. The number of carbonyl (C=O) groups excluding carboxylic acids is 2. The van der Waals surface area contributed by atoms with Crippen LogP contribution in [0.5, 0.6) is 11.5 Å². The minimum Gasteiger partial charge on any atom is -0.497 e. The minimum atomic E-state index is -4.31. The number of nitrogens with one attached hydrogen (secondary N) is 1. The van der Waals surface area contributed by atoms with Crippen LogP contribution in [-0.2, 0) is 32.6 Å². The summed E-state index contributed by atoms with van der Waals surface area (Å²) in [5.74, 6) is -0.254. The molecule has 252 valence electrons. The molecule has 1 aliphatic carbocycles. The quantitative estimate of drug-likeness (QED) is 0.168. The van der Waals surface area contributed by atoms with Gasteiger partial charge in [-0.05, 0) is 60.4 Å². The summed E-state index contributed by atoms with van der Waals surface area (Å²) in [4.78, 5) is 30.4. The molecule has 0 bridgehead atoms. The standard InChI is InChI=1S/C37H40ClN3O6S/c1-46-31-21-22-35(47-2)33(24-31)41(48(44,45)32-15-7-4-8-16-32)26-36(42)40(25-28-17-19-29(38)20-18-28)34(23-27-11-5-3-6-12-27)37(43)39-30-13-9-10-14-30/h3-8,11-12,15-22,24,30,34H,9-10,13-14,23,25-26H2,1-2H3,(H,39,43). The highest BCUT2D eigenvalue weighted by atomic mass is 35.5. The van der Waals surface area contributed by atoms with Crippen molar-refractivity contribution in [2.75, 3.05) is 25.1 Å². The van der Waals surface area contributed by atoms with Gasteiger partial charge in [0.1, 0.15) is 24.1 Å². The summed E-state index contributed by atoms with van der Waals surface area (Å²) in [5, 5.41) is 3.71. The normalized spacial score (nSPS) is 13.8. The molecule has 1 aliphatic rings. The van der Waals surface area contributed by atoms with Gasteiger partial charge in [0.15, 0.2) is 0 Å². The molecule has 1 fully saturated rings. The molecule has 1 N–H and O–H groups in total. The van der Waals surface area contributed by atoms with E-state index in [9.17, 15) is 18.0 Å². The van der Waals surface area contributed by atoms with Crippen molar-refractivity contribution in [3.05, 3.63) is 119 Å². The van der Waals surface area contributed by atoms with E-state index >= 15 is 0 Å². The Hall–Kier alpha value is -4.54. The Balaban J connectivity index is 1.60. The molecule has 5 rings (SSSR count). The van der Waals surface area contributed by atoms with E-state index in [0.29, 0.717) is 10.8 Å². The topological polar surface area (TPSA) is 105 Å². The predicted molar refractivity (Wildman–Crippen MR) is 187 cm³/mol. The number of amides is 2. The molecular formula is C37H40ClN3O6S. The van der Waals surface area contributed by atoms with Crippen LogP contribution >= 0.6 is 11.6 Å². The molecule has 1 unspecified atom stereocenters. The monoisotopic (exact) mass is 689 g/mol. The van der Waals surface area contributed by atoms with Gasteiger partial charge in [0.25, 0.3) is 10.0 Å². The Bertz CT molecular complexity index is 1780. The van der Waals surface area contributed by atoms with E-state index in [0.717, 1.165) is 41.1 Å². The van der Waals surface area contributed by atoms with Gasteiger partial charge in [-0.15, -0.1) is 0 Å². The van der Waals surface area contributed by atoms with E-state index in [-0.39, 0.29) is 41.2 Å². The number of nitrogens with zero attached hydrogens (tertiary/aromatic N) is 2. The molecule has 0 spiro atoms. The average molecular weight is 690 g/mol. The van der Waals surface area contributed by atoms with Gasteiger partial charge >= 0.3 is 0 Å². The van der Waals surface area contributed by atoms with E-state index < -0.39 is 28.5 Å². The molecule has 1 saturated carbocycles. The summed E-state index contributed by atoms with van der Waals surface area (Å²) < 4.78 is 40.7. The fourth-order valence-corrected chi connectivity index (χ4v) is 7.50. The molecule has 9 nitrogen and oxygen atoms in total. The lowest BCUT2D eigenvalue weighted by molar-refractivity contribution is -0.140. The van der Waals surface area contributed by atoms with Crippen LogP contribution in [-0.4, -0.2) is 58.0 Å². The molecule has 0 radical (unpaired) electrons. The van der Waals surface area contributed by atoms with Crippen LogP contribution in [0.2, 0.25) is 5.02 Å². The van der Waals surface area contributed by atoms with Crippen LogP contribution in [0.25, 0.3) is 0 Å². The fraction of sp³-hybridized carbons (Fsp3) is 0.297. The second kappa shape index (κ2) is 16.0. The van der Waals surface area contributed by atoms with Crippen molar-refractivity contribution in [2.45, 2.75) is 55.6 Å². The summed E-state index contributed by atoms with van der Waals surface area (Å²) in [5.41, 5.74) is 1.72. The van der Waals surface area contributed by atoms with Gasteiger partial charge in [-0.1, -0.05) is 85.1 Å². The molecule has 1 atom stereocenters. The zero-order valence-corrected chi connectivity index (χ0v) is 28.6.